The van der Waals surface area contributed by atoms with E-state index in [1.54, 1.807) is 0 Å². The summed E-state index contributed by atoms with van der Waals surface area (Å²) in [5.41, 5.74) is 0.131. The Bertz CT molecular complexity index is 1920. The fourth-order valence-corrected chi connectivity index (χ4v) is 4.99. The molecule has 0 radical (unpaired) electrons. The monoisotopic (exact) mass is 676 g/mol. The Balaban J connectivity index is 0.00000353. The summed E-state index contributed by atoms with van der Waals surface area (Å²) in [7, 11) is -5.87. The van der Waals surface area contributed by atoms with Gasteiger partial charge in [0.15, 0.2) is 0 Å². The molecule has 2 aromatic carbocycles. The molecule has 2 aromatic heterocycles. The maximum atomic E-state index is 12.2. The Morgan fingerprint density at radius 3 is 1.66 bits per heavy atom. The van der Waals surface area contributed by atoms with Gasteiger partial charge in [0.05, 0.1) is 26.2 Å². The van der Waals surface area contributed by atoms with Crippen molar-refractivity contribution in [2.75, 3.05) is 32.0 Å². The molecule has 0 unspecified atom stereocenters. The number of rotatable bonds is 11. The zero-order chi connectivity index (χ0) is 31.4. The van der Waals surface area contributed by atoms with Crippen molar-refractivity contribution in [3.8, 4) is 18.0 Å². The molecule has 2 heterocycles. The van der Waals surface area contributed by atoms with Crippen LogP contribution in [0.5, 0.6) is 18.0 Å². The molecule has 0 fully saturated rings. The van der Waals surface area contributed by atoms with Gasteiger partial charge in [-0.3, -0.25) is 4.55 Å². The second kappa shape index (κ2) is 14.4. The van der Waals surface area contributed by atoms with Gasteiger partial charge in [-0.05, 0) is 47.0 Å². The summed E-state index contributed by atoms with van der Waals surface area (Å²) in [5.74, 6) is -0.139. The first-order valence-electron chi connectivity index (χ1n) is 11.5. The van der Waals surface area contributed by atoms with Crippen LogP contribution in [0.3, 0.4) is 0 Å². The number of nitrogens with one attached hydrogen (secondary N) is 2. The van der Waals surface area contributed by atoms with Crippen LogP contribution in [0.1, 0.15) is 14.0 Å². The van der Waals surface area contributed by atoms with Crippen LogP contribution in [0.4, 0.5) is 23.3 Å². The molecule has 0 amide bonds. The molecule has 0 aliphatic rings. The standard InChI is InChI=1S/C23H21ClN8O9S2.Na.H/c1-39-21-28-18(24)27-19(29-21)25-14-8-6-12(16(10-14)42(33,34)35)4-5-13-7-9-15(11-17(13)43(36,37)38)26-20-30-22(40-2)32-23(31-20)41-3;;/h4-11H,1-3H3,(H,33,34,35)(H,36,37,38)(H,25,27,28,29)(H,26,30,31,32);;/q;+1;-1. The van der Waals surface area contributed by atoms with Crippen LogP contribution in [0.2, 0.25) is 5.28 Å². The van der Waals surface area contributed by atoms with Gasteiger partial charge in [-0.25, -0.2) is 8.42 Å². The van der Waals surface area contributed by atoms with E-state index in [0.29, 0.717) is 0 Å². The van der Waals surface area contributed by atoms with Gasteiger partial charge in [-0.15, -0.1) is 4.98 Å². The normalized spacial score (nSPS) is 11.5. The minimum Gasteiger partial charge on any atom is -1.00 e. The topological polar surface area (TPSA) is 241 Å². The molecule has 21 heteroatoms. The number of ether oxygens (including phenoxy) is 3. The zero-order valence-electron chi connectivity index (χ0n) is 25.2. The van der Waals surface area contributed by atoms with Crippen LogP contribution in [0.15, 0.2) is 46.2 Å². The Morgan fingerprint density at radius 1 is 0.773 bits per heavy atom. The van der Waals surface area contributed by atoms with E-state index in [2.05, 4.69) is 40.5 Å². The molecule has 0 saturated heterocycles. The number of nitrogens with zero attached hydrogens (tertiary/aromatic N) is 6. The van der Waals surface area contributed by atoms with Crippen molar-refractivity contribution in [2.24, 2.45) is 0 Å². The first-order chi connectivity index (χ1) is 20.3. The summed E-state index contributed by atoms with van der Waals surface area (Å²) >= 11 is 5.83. The largest absolute Gasteiger partial charge is 1.00 e. The molecular formula is C23H22ClN8NaO9S2. The number of anilines is 4. The van der Waals surface area contributed by atoms with E-state index in [-0.39, 0.29) is 90.1 Å². The Morgan fingerprint density at radius 2 is 1.20 bits per heavy atom. The molecular weight excluding hydrogens is 655 g/mol. The third-order valence-electron chi connectivity index (χ3n) is 5.26. The van der Waals surface area contributed by atoms with Crippen molar-refractivity contribution in [1.82, 2.24) is 29.9 Å². The minimum atomic E-state index is -5.03. The molecule has 0 spiro atoms. The maximum Gasteiger partial charge on any atom is 1.00 e. The van der Waals surface area contributed by atoms with Gasteiger partial charge in [0, 0.05) is 11.4 Å². The number of benzene rings is 2. The Hall–Kier alpha value is -3.69. The fraction of sp³-hybridized carbons (Fsp3) is 0.130. The van der Waals surface area contributed by atoms with Crippen LogP contribution in [-0.2, 0) is 20.2 Å². The van der Waals surface area contributed by atoms with E-state index in [9.17, 15) is 25.9 Å². The van der Waals surface area contributed by atoms with Gasteiger partial charge < -0.3 is 30.8 Å². The molecule has 0 saturated carbocycles. The number of halogens is 1. The van der Waals surface area contributed by atoms with Gasteiger partial charge in [0.25, 0.3) is 10.1 Å². The second-order valence-electron chi connectivity index (χ2n) is 8.06. The van der Waals surface area contributed by atoms with Crippen LogP contribution in [-0.4, -0.2) is 77.2 Å². The van der Waals surface area contributed by atoms with E-state index >= 15 is 0 Å². The van der Waals surface area contributed by atoms with Crippen LogP contribution in [0, 0.1) is 0 Å². The molecule has 0 atom stereocenters. The zero-order valence-corrected chi connectivity index (χ0v) is 27.6. The van der Waals surface area contributed by atoms with Crippen LogP contribution < -0.4 is 54.4 Å². The van der Waals surface area contributed by atoms with E-state index in [1.807, 2.05) is 0 Å². The number of methoxy groups -OCH3 is 3. The van der Waals surface area contributed by atoms with E-state index < -0.39 is 30.0 Å². The number of aromatic nitrogens is 6. The quantitative estimate of drug-likeness (QED) is 0.106. The van der Waals surface area contributed by atoms with Crippen molar-refractivity contribution in [1.29, 1.82) is 0 Å². The van der Waals surface area contributed by atoms with E-state index in [1.165, 1.54) is 57.7 Å². The van der Waals surface area contributed by atoms with Crippen molar-refractivity contribution < 1.29 is 72.6 Å². The van der Waals surface area contributed by atoms with Gasteiger partial charge >= 0.3 is 49.0 Å². The number of hydrogen-bond acceptors (Lipinski definition) is 16. The van der Waals surface area contributed by atoms with Crippen molar-refractivity contribution in [2.45, 2.75) is 9.79 Å². The molecule has 228 valence electrons. The average Bonchev–Trinajstić information content (AvgIpc) is 2.95. The summed E-state index contributed by atoms with van der Waals surface area (Å²) < 4.78 is 85.4. The minimum absolute atomic E-state index is 0. The summed E-state index contributed by atoms with van der Waals surface area (Å²) in [6.45, 7) is 0. The SMILES string of the molecule is COc1nc(Cl)nc(Nc2ccc(C=Cc3ccc(Nc4nc(OC)nc(OC)n4)cc3S(=O)(=O)[O-])c(S(=O)(=O)O)c2)n1.[H+].[H-].[Na+]. The molecule has 0 bridgehead atoms. The van der Waals surface area contributed by atoms with Gasteiger partial charge in [0.2, 0.25) is 17.2 Å². The smallest absolute Gasteiger partial charge is 1.00 e. The molecule has 4 aromatic rings. The second-order valence-corrected chi connectivity index (χ2v) is 11.1. The molecule has 17 nitrogen and oxygen atoms in total. The van der Waals surface area contributed by atoms with E-state index in [0.717, 1.165) is 12.1 Å². The van der Waals surface area contributed by atoms with Gasteiger partial charge in [-0.2, -0.15) is 33.3 Å². The van der Waals surface area contributed by atoms with Crippen molar-refractivity contribution >= 4 is 67.3 Å². The first kappa shape index (κ1) is 34.8. The number of hydrogen-bond donors (Lipinski definition) is 3. The predicted molar refractivity (Wildman–Crippen MR) is 153 cm³/mol. The molecule has 3 N–H and O–H groups in total. The van der Waals surface area contributed by atoms with Crippen molar-refractivity contribution in [3.05, 3.63) is 52.8 Å². The van der Waals surface area contributed by atoms with Gasteiger partial charge in [0.1, 0.15) is 15.0 Å². The Kier molecular flexibility index (Phi) is 11.4. The average molecular weight is 677 g/mol. The molecule has 44 heavy (non-hydrogen) atoms. The summed E-state index contributed by atoms with van der Waals surface area (Å²) in [6, 6.07) is 7.29. The summed E-state index contributed by atoms with van der Waals surface area (Å²) in [4.78, 5) is 22.1. The molecule has 4 rings (SSSR count). The fourth-order valence-electron chi connectivity index (χ4n) is 3.43. The first-order valence-corrected chi connectivity index (χ1v) is 14.7. The third kappa shape index (κ3) is 8.92. The van der Waals surface area contributed by atoms with E-state index in [4.69, 9.17) is 25.8 Å². The van der Waals surface area contributed by atoms with Gasteiger partial charge in [-0.1, -0.05) is 24.3 Å². The van der Waals surface area contributed by atoms with Crippen LogP contribution in [0.25, 0.3) is 12.2 Å². The predicted octanol–water partition coefficient (Wildman–Crippen LogP) is -0.227. The van der Waals surface area contributed by atoms with Crippen LogP contribution >= 0.6 is 11.6 Å². The summed E-state index contributed by atoms with van der Waals surface area (Å²) in [5, 5.41) is 5.26. The third-order valence-corrected chi connectivity index (χ3v) is 7.23. The molecule has 0 aliphatic carbocycles. The molecule has 0 aliphatic heterocycles. The Labute approximate surface area is 280 Å². The summed E-state index contributed by atoms with van der Waals surface area (Å²) in [6.07, 6.45) is 2.39. The van der Waals surface area contributed by atoms with Crippen molar-refractivity contribution in [3.63, 3.8) is 0 Å². The maximum absolute atomic E-state index is 12.2.